The average Bonchev–Trinajstić information content (AvgIpc) is 2.49. The molecule has 9 heteroatoms. The number of hydrogen-bond donors (Lipinski definition) is 2. The number of nitrogens with zero attached hydrogens (tertiary/aromatic N) is 1. The minimum absolute atomic E-state index is 0.0334. The summed E-state index contributed by atoms with van der Waals surface area (Å²) in [5, 5.41) is 18.7. The Morgan fingerprint density at radius 1 is 1.29 bits per heavy atom. The molecule has 1 aromatic heterocycles. The second-order valence-corrected chi connectivity index (χ2v) is 7.55. The van der Waals surface area contributed by atoms with Gasteiger partial charge in [-0.3, -0.25) is 4.79 Å². The lowest BCUT2D eigenvalue weighted by Crippen LogP contribution is -2.21. The van der Waals surface area contributed by atoms with Crippen LogP contribution in [0.3, 0.4) is 0 Å². The standard InChI is InChI=1S/C15H14ClNO6S/c1-17-9(8-11(18)14(19)13(17)15(20)21)6-7-24(22,23)12-5-3-2-4-10(12)16/h2-5,8,19H,6-7H2,1H3,(H,20,21). The number of aryl methyl sites for hydroxylation is 1. The molecule has 0 saturated carbocycles. The zero-order valence-corrected chi connectivity index (χ0v) is 14.1. The highest BCUT2D eigenvalue weighted by Gasteiger charge is 2.22. The zero-order chi connectivity index (χ0) is 18.1. The Bertz CT molecular complexity index is 964. The van der Waals surface area contributed by atoms with Gasteiger partial charge in [-0.2, -0.15) is 0 Å². The van der Waals surface area contributed by atoms with Gasteiger partial charge in [-0.25, -0.2) is 13.2 Å². The van der Waals surface area contributed by atoms with E-state index in [2.05, 4.69) is 0 Å². The molecule has 2 N–H and O–H groups in total. The Hall–Kier alpha value is -2.32. The van der Waals surface area contributed by atoms with Gasteiger partial charge in [-0.1, -0.05) is 23.7 Å². The summed E-state index contributed by atoms with van der Waals surface area (Å²) in [5.74, 6) is -2.74. The number of sulfone groups is 1. The van der Waals surface area contributed by atoms with Crippen LogP contribution in [0.25, 0.3) is 0 Å². The van der Waals surface area contributed by atoms with E-state index in [0.717, 1.165) is 10.6 Å². The number of carboxylic acid groups (broad SMARTS) is 1. The minimum atomic E-state index is -3.72. The fourth-order valence-electron chi connectivity index (χ4n) is 2.27. The van der Waals surface area contributed by atoms with Crippen LogP contribution in [0.15, 0.2) is 40.0 Å². The van der Waals surface area contributed by atoms with E-state index in [0.29, 0.717) is 0 Å². The van der Waals surface area contributed by atoms with Gasteiger partial charge >= 0.3 is 5.97 Å². The van der Waals surface area contributed by atoms with Crippen molar-refractivity contribution in [3.05, 3.63) is 57.0 Å². The molecule has 128 valence electrons. The van der Waals surface area contributed by atoms with Crippen molar-refractivity contribution in [3.63, 3.8) is 0 Å². The summed E-state index contributed by atoms with van der Waals surface area (Å²) >= 11 is 5.89. The highest BCUT2D eigenvalue weighted by molar-refractivity contribution is 7.91. The second kappa shape index (κ2) is 6.66. The molecule has 0 aliphatic rings. The third-order valence-corrected chi connectivity index (χ3v) is 5.73. The quantitative estimate of drug-likeness (QED) is 0.822. The number of rotatable bonds is 5. The fraction of sp³-hybridized carbons (Fsp3) is 0.200. The largest absolute Gasteiger partial charge is 0.502 e. The first-order valence-electron chi connectivity index (χ1n) is 6.77. The third-order valence-electron chi connectivity index (χ3n) is 3.52. The van der Waals surface area contributed by atoms with E-state index in [1.807, 2.05) is 0 Å². The maximum Gasteiger partial charge on any atom is 0.356 e. The first-order chi connectivity index (χ1) is 11.1. The number of hydrogen-bond acceptors (Lipinski definition) is 5. The van der Waals surface area contributed by atoms with Gasteiger partial charge in [0.1, 0.15) is 0 Å². The fourth-order valence-corrected chi connectivity index (χ4v) is 4.10. The van der Waals surface area contributed by atoms with E-state index in [-0.39, 0.29) is 27.8 Å². The molecule has 0 atom stereocenters. The summed E-state index contributed by atoms with van der Waals surface area (Å²) < 4.78 is 25.8. The molecule has 1 heterocycles. The predicted octanol–water partition coefficient (Wildman–Crippen LogP) is 1.46. The summed E-state index contributed by atoms with van der Waals surface area (Å²) in [7, 11) is -2.39. The number of pyridine rings is 1. The van der Waals surface area contributed by atoms with Gasteiger partial charge in [0.2, 0.25) is 5.43 Å². The monoisotopic (exact) mass is 371 g/mol. The molecule has 7 nitrogen and oxygen atoms in total. The smallest absolute Gasteiger partial charge is 0.356 e. The van der Waals surface area contributed by atoms with Crippen LogP contribution in [0.2, 0.25) is 5.02 Å². The number of aromatic nitrogens is 1. The number of aromatic carboxylic acids is 1. The molecule has 0 saturated heterocycles. The van der Waals surface area contributed by atoms with Crippen molar-refractivity contribution in [1.82, 2.24) is 4.57 Å². The van der Waals surface area contributed by atoms with Crippen molar-refractivity contribution in [2.45, 2.75) is 11.3 Å². The average molecular weight is 372 g/mol. The Balaban J connectivity index is 2.38. The van der Waals surface area contributed by atoms with E-state index < -0.39 is 32.7 Å². The molecule has 0 spiro atoms. The molecule has 24 heavy (non-hydrogen) atoms. The number of aromatic hydroxyl groups is 1. The van der Waals surface area contributed by atoms with E-state index >= 15 is 0 Å². The maximum absolute atomic E-state index is 12.4. The lowest BCUT2D eigenvalue weighted by molar-refractivity contribution is 0.0681. The van der Waals surface area contributed by atoms with Crippen molar-refractivity contribution in [3.8, 4) is 5.75 Å². The van der Waals surface area contributed by atoms with Gasteiger partial charge in [0.05, 0.1) is 15.7 Å². The van der Waals surface area contributed by atoms with E-state index in [4.69, 9.17) is 16.7 Å². The van der Waals surface area contributed by atoms with Gasteiger partial charge in [-0.15, -0.1) is 0 Å². The zero-order valence-electron chi connectivity index (χ0n) is 12.6. The van der Waals surface area contributed by atoms with Crippen LogP contribution in [0.4, 0.5) is 0 Å². The Morgan fingerprint density at radius 3 is 2.50 bits per heavy atom. The number of benzene rings is 1. The van der Waals surface area contributed by atoms with Gasteiger partial charge in [0, 0.05) is 25.2 Å². The minimum Gasteiger partial charge on any atom is -0.502 e. The molecule has 0 unspecified atom stereocenters. The highest BCUT2D eigenvalue weighted by atomic mass is 35.5. The molecule has 1 aromatic carbocycles. The summed E-state index contributed by atoms with van der Waals surface area (Å²) in [6, 6.07) is 6.98. The summed E-state index contributed by atoms with van der Waals surface area (Å²) in [4.78, 5) is 22.8. The van der Waals surface area contributed by atoms with Crippen molar-refractivity contribution < 1.29 is 23.4 Å². The molecule has 2 aromatic rings. The van der Waals surface area contributed by atoms with Crippen molar-refractivity contribution >= 4 is 27.4 Å². The van der Waals surface area contributed by atoms with Gasteiger partial charge in [-0.05, 0) is 12.1 Å². The number of carboxylic acids is 1. The Kier molecular flexibility index (Phi) is 5.00. The van der Waals surface area contributed by atoms with Crippen molar-refractivity contribution in [1.29, 1.82) is 0 Å². The molecule has 2 rings (SSSR count). The molecule has 0 radical (unpaired) electrons. The second-order valence-electron chi connectivity index (χ2n) is 5.06. The molecular formula is C15H14ClNO6S. The molecule has 0 amide bonds. The van der Waals surface area contributed by atoms with Crippen LogP contribution in [0.1, 0.15) is 16.2 Å². The Morgan fingerprint density at radius 2 is 1.92 bits per heavy atom. The first kappa shape index (κ1) is 18.0. The lowest BCUT2D eigenvalue weighted by atomic mass is 10.2. The topological polar surface area (TPSA) is 114 Å². The molecule has 0 aliphatic carbocycles. The maximum atomic E-state index is 12.4. The van der Waals surface area contributed by atoms with Crippen LogP contribution in [0, 0.1) is 0 Å². The Labute approximate surface area is 142 Å². The normalized spacial score (nSPS) is 11.4. The van der Waals surface area contributed by atoms with Crippen molar-refractivity contribution in [2.24, 2.45) is 7.05 Å². The van der Waals surface area contributed by atoms with E-state index in [1.54, 1.807) is 6.07 Å². The van der Waals surface area contributed by atoms with Crippen LogP contribution in [-0.4, -0.2) is 34.9 Å². The molecule has 0 bridgehead atoms. The predicted molar refractivity (Wildman–Crippen MR) is 87.5 cm³/mol. The van der Waals surface area contributed by atoms with Crippen LogP contribution < -0.4 is 5.43 Å². The SMILES string of the molecule is Cn1c(CCS(=O)(=O)c2ccccc2Cl)cc(=O)c(O)c1C(=O)O. The van der Waals surface area contributed by atoms with Crippen LogP contribution in [-0.2, 0) is 23.3 Å². The first-order valence-corrected chi connectivity index (χ1v) is 8.80. The third kappa shape index (κ3) is 3.44. The number of carbonyl (C=O) groups is 1. The molecule has 0 aliphatic heterocycles. The molecule has 0 fully saturated rings. The van der Waals surface area contributed by atoms with Crippen molar-refractivity contribution in [2.75, 3.05) is 5.75 Å². The summed E-state index contributed by atoms with van der Waals surface area (Å²) in [5.41, 5.74) is -1.30. The lowest BCUT2D eigenvalue weighted by Gasteiger charge is -2.13. The van der Waals surface area contributed by atoms with E-state index in [9.17, 15) is 23.1 Å². The van der Waals surface area contributed by atoms with Crippen LogP contribution >= 0.6 is 11.6 Å². The van der Waals surface area contributed by atoms with Gasteiger partial charge in [0.15, 0.2) is 21.3 Å². The van der Waals surface area contributed by atoms with Crippen LogP contribution in [0.5, 0.6) is 5.75 Å². The van der Waals surface area contributed by atoms with E-state index in [1.165, 1.54) is 25.2 Å². The molecular weight excluding hydrogens is 358 g/mol. The highest BCUT2D eigenvalue weighted by Crippen LogP contribution is 2.22. The van der Waals surface area contributed by atoms with Gasteiger partial charge in [0.25, 0.3) is 0 Å². The number of halogens is 1. The summed E-state index contributed by atoms with van der Waals surface area (Å²) in [6.45, 7) is 0. The summed E-state index contributed by atoms with van der Waals surface area (Å²) in [6.07, 6.45) is -0.111. The van der Waals surface area contributed by atoms with Gasteiger partial charge < -0.3 is 14.8 Å².